The van der Waals surface area contributed by atoms with Gasteiger partial charge in [0.05, 0.1) is 11.7 Å². The molecule has 0 aromatic heterocycles. The van der Waals surface area contributed by atoms with Gasteiger partial charge in [-0.3, -0.25) is 0 Å². The van der Waals surface area contributed by atoms with Crippen molar-refractivity contribution in [2.75, 3.05) is 0 Å². The lowest BCUT2D eigenvalue weighted by atomic mass is 9.61. The van der Waals surface area contributed by atoms with Crippen molar-refractivity contribution in [2.45, 2.75) is 57.7 Å². The van der Waals surface area contributed by atoms with Crippen molar-refractivity contribution in [1.82, 2.24) is 0 Å². The molecule has 92 valence electrons. The summed E-state index contributed by atoms with van der Waals surface area (Å²) in [5, 5.41) is 20.6. The first kappa shape index (κ1) is 12.6. The normalized spacial score (nSPS) is 48.1. The molecule has 0 heterocycles. The second kappa shape index (κ2) is 4.11. The summed E-state index contributed by atoms with van der Waals surface area (Å²) in [4.78, 5) is 2.03. The van der Waals surface area contributed by atoms with Gasteiger partial charge in [-0.05, 0) is 49.9 Å². The molecule has 0 bridgehead atoms. The van der Waals surface area contributed by atoms with Gasteiger partial charge >= 0.3 is 0 Å². The molecule has 16 heavy (non-hydrogen) atoms. The molecule has 2 fully saturated rings. The van der Waals surface area contributed by atoms with Crippen LogP contribution in [0.25, 0.3) is 0 Å². The second-order valence-electron chi connectivity index (χ2n) is 5.65. The molecule has 0 amide bonds. The van der Waals surface area contributed by atoms with E-state index >= 15 is 0 Å². The van der Waals surface area contributed by atoms with E-state index in [-0.39, 0.29) is 5.41 Å². The first-order chi connectivity index (χ1) is 7.45. The highest BCUT2D eigenvalue weighted by Gasteiger charge is 2.60. The van der Waals surface area contributed by atoms with E-state index in [4.69, 9.17) is 0 Å². The molecule has 0 saturated heterocycles. The highest BCUT2D eigenvalue weighted by molar-refractivity contribution is 9.11. The van der Waals surface area contributed by atoms with E-state index in [1.807, 2.05) is 4.99 Å². The standard InChI is InChI=1S/C13H21BrO2/c1-9(15)13(16)7-5-11-10(8-14)4-3-6-12(11,13)2/h8-9,11,15-16H,3-7H2,1-2H3/t9-,11+,12+,13+/m1/s1. The van der Waals surface area contributed by atoms with Gasteiger partial charge in [0.2, 0.25) is 0 Å². The van der Waals surface area contributed by atoms with Crippen molar-refractivity contribution in [3.8, 4) is 0 Å². The summed E-state index contributed by atoms with van der Waals surface area (Å²) in [6.07, 6.45) is 4.33. The number of fused-ring (bicyclic) bond motifs is 1. The zero-order chi connectivity index (χ0) is 12.0. The van der Waals surface area contributed by atoms with Crippen LogP contribution in [-0.4, -0.2) is 21.9 Å². The van der Waals surface area contributed by atoms with E-state index in [0.29, 0.717) is 5.92 Å². The van der Waals surface area contributed by atoms with Gasteiger partial charge in [0, 0.05) is 5.41 Å². The Morgan fingerprint density at radius 3 is 2.75 bits per heavy atom. The molecule has 0 unspecified atom stereocenters. The lowest BCUT2D eigenvalue weighted by Crippen LogP contribution is -2.53. The van der Waals surface area contributed by atoms with E-state index < -0.39 is 11.7 Å². The van der Waals surface area contributed by atoms with Crippen LogP contribution >= 0.6 is 15.9 Å². The Bertz CT molecular complexity index is 313. The molecule has 0 spiro atoms. The average Bonchev–Trinajstić information content (AvgIpc) is 2.52. The molecule has 4 atom stereocenters. The molecule has 0 aromatic carbocycles. The summed E-state index contributed by atoms with van der Waals surface area (Å²) in [6, 6.07) is 0. The number of aliphatic hydroxyl groups is 2. The summed E-state index contributed by atoms with van der Waals surface area (Å²) in [5.74, 6) is 0.431. The summed E-state index contributed by atoms with van der Waals surface area (Å²) < 4.78 is 0. The van der Waals surface area contributed by atoms with Gasteiger partial charge in [-0.15, -0.1) is 0 Å². The van der Waals surface area contributed by atoms with E-state index in [0.717, 1.165) is 32.1 Å². The van der Waals surface area contributed by atoms with Gasteiger partial charge in [0.1, 0.15) is 0 Å². The Kier molecular flexibility index (Phi) is 3.23. The van der Waals surface area contributed by atoms with Crippen LogP contribution in [0.3, 0.4) is 0 Å². The summed E-state index contributed by atoms with van der Waals surface area (Å²) in [5.41, 5.74) is 0.351. The first-order valence-corrected chi connectivity index (χ1v) is 7.07. The van der Waals surface area contributed by atoms with Crippen LogP contribution < -0.4 is 0 Å². The number of allylic oxidation sites excluding steroid dienone is 1. The molecule has 2 saturated carbocycles. The summed E-state index contributed by atoms with van der Waals surface area (Å²) in [6.45, 7) is 3.87. The molecule has 2 aliphatic carbocycles. The molecule has 3 heteroatoms. The van der Waals surface area contributed by atoms with Crippen LogP contribution in [0.5, 0.6) is 0 Å². The predicted octanol–water partition coefficient (Wildman–Crippen LogP) is 2.98. The maximum absolute atomic E-state index is 10.7. The van der Waals surface area contributed by atoms with Crippen molar-refractivity contribution in [3.63, 3.8) is 0 Å². The Morgan fingerprint density at radius 1 is 1.50 bits per heavy atom. The first-order valence-electron chi connectivity index (χ1n) is 6.15. The molecule has 2 aliphatic rings. The zero-order valence-electron chi connectivity index (χ0n) is 10.0. The van der Waals surface area contributed by atoms with E-state index in [9.17, 15) is 10.2 Å². The fourth-order valence-electron chi connectivity index (χ4n) is 3.91. The molecule has 2 rings (SSSR count). The molecule has 0 aliphatic heterocycles. The number of hydrogen-bond acceptors (Lipinski definition) is 2. The largest absolute Gasteiger partial charge is 0.390 e. The molecule has 2 N–H and O–H groups in total. The Balaban J connectivity index is 2.38. The quantitative estimate of drug-likeness (QED) is 0.779. The molecular weight excluding hydrogens is 268 g/mol. The smallest absolute Gasteiger partial charge is 0.0961 e. The van der Waals surface area contributed by atoms with Crippen LogP contribution in [0.15, 0.2) is 10.6 Å². The SMILES string of the molecule is C[C@@H](O)[C@@]1(O)CC[C@H]2C(=CBr)CCC[C@@]21C. The molecule has 2 nitrogen and oxygen atoms in total. The van der Waals surface area contributed by atoms with E-state index in [1.165, 1.54) is 5.57 Å². The molecule has 0 aromatic rings. The van der Waals surface area contributed by atoms with Crippen molar-refractivity contribution in [1.29, 1.82) is 0 Å². The van der Waals surface area contributed by atoms with Crippen LogP contribution in [0.1, 0.15) is 46.0 Å². The summed E-state index contributed by atoms with van der Waals surface area (Å²) in [7, 11) is 0. The number of halogens is 1. The van der Waals surface area contributed by atoms with Gasteiger partial charge in [-0.1, -0.05) is 28.4 Å². The van der Waals surface area contributed by atoms with E-state index in [1.54, 1.807) is 6.92 Å². The minimum absolute atomic E-state index is 0.154. The predicted molar refractivity (Wildman–Crippen MR) is 68.3 cm³/mol. The Morgan fingerprint density at radius 2 is 2.19 bits per heavy atom. The highest BCUT2D eigenvalue weighted by Crippen LogP contribution is 2.60. The fourth-order valence-corrected chi connectivity index (χ4v) is 4.45. The summed E-state index contributed by atoms with van der Waals surface area (Å²) >= 11 is 3.44. The second-order valence-corrected chi connectivity index (χ2v) is 6.10. The maximum atomic E-state index is 10.7. The van der Waals surface area contributed by atoms with E-state index in [2.05, 4.69) is 22.9 Å². The average molecular weight is 289 g/mol. The van der Waals surface area contributed by atoms with Crippen LogP contribution in [0.4, 0.5) is 0 Å². The molecular formula is C13H21BrO2. The fraction of sp³-hybridized carbons (Fsp3) is 0.846. The topological polar surface area (TPSA) is 40.5 Å². The monoisotopic (exact) mass is 288 g/mol. The lowest BCUT2D eigenvalue weighted by Gasteiger charge is -2.48. The van der Waals surface area contributed by atoms with Crippen LogP contribution in [0, 0.1) is 11.3 Å². The van der Waals surface area contributed by atoms with Crippen molar-refractivity contribution in [3.05, 3.63) is 10.6 Å². The van der Waals surface area contributed by atoms with Crippen LogP contribution in [-0.2, 0) is 0 Å². The highest BCUT2D eigenvalue weighted by atomic mass is 79.9. The zero-order valence-corrected chi connectivity index (χ0v) is 11.6. The molecule has 0 radical (unpaired) electrons. The Hall–Kier alpha value is 0.140. The van der Waals surface area contributed by atoms with Gasteiger partial charge in [-0.2, -0.15) is 0 Å². The minimum atomic E-state index is -0.903. The van der Waals surface area contributed by atoms with Crippen molar-refractivity contribution < 1.29 is 10.2 Å². The number of rotatable bonds is 1. The van der Waals surface area contributed by atoms with Crippen molar-refractivity contribution >= 4 is 15.9 Å². The Labute approximate surface area is 106 Å². The number of aliphatic hydroxyl groups excluding tert-OH is 1. The van der Waals surface area contributed by atoms with Gasteiger partial charge in [0.15, 0.2) is 0 Å². The third-order valence-corrected chi connectivity index (χ3v) is 5.60. The van der Waals surface area contributed by atoms with Crippen molar-refractivity contribution in [2.24, 2.45) is 11.3 Å². The lowest BCUT2D eigenvalue weighted by molar-refractivity contribution is -0.143. The van der Waals surface area contributed by atoms with Gasteiger partial charge in [0.25, 0.3) is 0 Å². The van der Waals surface area contributed by atoms with Gasteiger partial charge in [-0.25, -0.2) is 0 Å². The third-order valence-electron chi connectivity index (χ3n) is 5.01. The van der Waals surface area contributed by atoms with Gasteiger partial charge < -0.3 is 10.2 Å². The third kappa shape index (κ3) is 1.52. The maximum Gasteiger partial charge on any atom is 0.0961 e. The number of hydrogen-bond donors (Lipinski definition) is 2. The minimum Gasteiger partial charge on any atom is -0.390 e. The van der Waals surface area contributed by atoms with Crippen LogP contribution in [0.2, 0.25) is 0 Å².